The molecule has 1 aromatic rings. The van der Waals surface area contributed by atoms with E-state index in [2.05, 4.69) is 24.5 Å². The Labute approximate surface area is 144 Å². The van der Waals surface area contributed by atoms with Crippen LogP contribution in [0.3, 0.4) is 0 Å². The van der Waals surface area contributed by atoms with Gasteiger partial charge in [0.1, 0.15) is 12.4 Å². The molecule has 1 aromatic carbocycles. The second-order valence-electron chi connectivity index (χ2n) is 6.41. The number of hydrogen-bond acceptors (Lipinski definition) is 4. The van der Waals surface area contributed by atoms with Crippen molar-refractivity contribution in [1.82, 2.24) is 10.6 Å². The molecule has 0 aromatic heterocycles. The molecule has 0 unspecified atom stereocenters. The molecule has 6 nitrogen and oxygen atoms in total. The van der Waals surface area contributed by atoms with E-state index in [9.17, 15) is 9.59 Å². The van der Waals surface area contributed by atoms with Crippen molar-refractivity contribution in [2.45, 2.75) is 39.7 Å². The highest BCUT2D eigenvalue weighted by molar-refractivity contribution is 5.87. The van der Waals surface area contributed by atoms with E-state index in [-0.39, 0.29) is 24.3 Å². The SMILES string of the molecule is CC(C)c1ccc(OCCNC(=O)CNC(=O)[C@@H](N)C(C)C)cc1. The molecule has 0 aliphatic carbocycles. The summed E-state index contributed by atoms with van der Waals surface area (Å²) >= 11 is 0. The van der Waals surface area contributed by atoms with Gasteiger partial charge < -0.3 is 21.1 Å². The zero-order valence-corrected chi connectivity index (χ0v) is 15.0. The van der Waals surface area contributed by atoms with Crippen molar-refractivity contribution >= 4 is 11.8 Å². The predicted molar refractivity (Wildman–Crippen MR) is 94.9 cm³/mol. The van der Waals surface area contributed by atoms with Crippen molar-refractivity contribution in [3.05, 3.63) is 29.8 Å². The first-order valence-corrected chi connectivity index (χ1v) is 8.34. The Bertz CT molecular complexity index is 527. The van der Waals surface area contributed by atoms with Gasteiger partial charge in [-0.05, 0) is 29.5 Å². The van der Waals surface area contributed by atoms with Crippen molar-refractivity contribution in [2.75, 3.05) is 19.7 Å². The quantitative estimate of drug-likeness (QED) is 0.595. The minimum Gasteiger partial charge on any atom is -0.492 e. The van der Waals surface area contributed by atoms with Crippen molar-refractivity contribution < 1.29 is 14.3 Å². The lowest BCUT2D eigenvalue weighted by molar-refractivity contribution is -0.127. The van der Waals surface area contributed by atoms with E-state index < -0.39 is 6.04 Å². The first-order valence-electron chi connectivity index (χ1n) is 8.34. The van der Waals surface area contributed by atoms with Gasteiger partial charge in [0.25, 0.3) is 0 Å². The Kier molecular flexibility index (Phi) is 8.26. The van der Waals surface area contributed by atoms with Gasteiger partial charge in [-0.15, -0.1) is 0 Å². The predicted octanol–water partition coefficient (Wildman–Crippen LogP) is 1.40. The van der Waals surface area contributed by atoms with Crippen molar-refractivity contribution in [2.24, 2.45) is 11.7 Å². The van der Waals surface area contributed by atoms with E-state index in [0.717, 1.165) is 5.75 Å². The van der Waals surface area contributed by atoms with E-state index in [1.165, 1.54) is 5.56 Å². The lowest BCUT2D eigenvalue weighted by Gasteiger charge is -2.15. The normalized spacial score (nSPS) is 12.1. The van der Waals surface area contributed by atoms with Crippen LogP contribution >= 0.6 is 0 Å². The largest absolute Gasteiger partial charge is 0.492 e. The molecule has 0 aliphatic rings. The molecule has 0 spiro atoms. The minimum absolute atomic E-state index is 0.0311. The van der Waals surface area contributed by atoms with Crippen LogP contribution in [0.25, 0.3) is 0 Å². The van der Waals surface area contributed by atoms with E-state index in [0.29, 0.717) is 19.1 Å². The smallest absolute Gasteiger partial charge is 0.239 e. The zero-order chi connectivity index (χ0) is 18.1. The highest BCUT2D eigenvalue weighted by Crippen LogP contribution is 2.18. The number of hydrogen-bond donors (Lipinski definition) is 3. The highest BCUT2D eigenvalue weighted by atomic mass is 16.5. The summed E-state index contributed by atoms with van der Waals surface area (Å²) in [6, 6.07) is 7.31. The third-order valence-electron chi connectivity index (χ3n) is 3.68. The molecule has 0 fully saturated rings. The van der Waals surface area contributed by atoms with Crippen LogP contribution < -0.4 is 21.1 Å². The lowest BCUT2D eigenvalue weighted by atomic mass is 10.0. The fourth-order valence-corrected chi connectivity index (χ4v) is 1.96. The van der Waals surface area contributed by atoms with Gasteiger partial charge in [-0.25, -0.2) is 0 Å². The molecule has 1 atom stereocenters. The van der Waals surface area contributed by atoms with Crippen LogP contribution in [-0.2, 0) is 9.59 Å². The van der Waals surface area contributed by atoms with Gasteiger partial charge in [-0.1, -0.05) is 39.8 Å². The van der Waals surface area contributed by atoms with Crippen molar-refractivity contribution in [3.63, 3.8) is 0 Å². The fraction of sp³-hybridized carbons (Fsp3) is 0.556. The third-order valence-corrected chi connectivity index (χ3v) is 3.68. The summed E-state index contributed by atoms with van der Waals surface area (Å²) in [4.78, 5) is 23.3. The van der Waals surface area contributed by atoms with Gasteiger partial charge in [0.05, 0.1) is 19.1 Å². The Morgan fingerprint density at radius 2 is 1.71 bits per heavy atom. The fourth-order valence-electron chi connectivity index (χ4n) is 1.96. The molecule has 1 rings (SSSR count). The third kappa shape index (κ3) is 7.00. The van der Waals surface area contributed by atoms with Gasteiger partial charge in [-0.2, -0.15) is 0 Å². The number of nitrogens with two attached hydrogens (primary N) is 1. The van der Waals surface area contributed by atoms with Crippen LogP contribution in [-0.4, -0.2) is 37.6 Å². The van der Waals surface area contributed by atoms with E-state index in [1.54, 1.807) is 0 Å². The number of carbonyl (C=O) groups excluding carboxylic acids is 2. The number of ether oxygens (including phenoxy) is 1. The molecule has 0 bridgehead atoms. The molecular formula is C18H29N3O3. The summed E-state index contributed by atoms with van der Waals surface area (Å²) in [5.41, 5.74) is 6.95. The number of nitrogens with one attached hydrogen (secondary N) is 2. The number of rotatable bonds is 9. The Balaban J connectivity index is 2.20. The van der Waals surface area contributed by atoms with Crippen molar-refractivity contribution in [1.29, 1.82) is 0 Å². The summed E-state index contributed by atoms with van der Waals surface area (Å²) < 4.78 is 5.56. The van der Waals surface area contributed by atoms with Gasteiger partial charge in [0.15, 0.2) is 0 Å². The van der Waals surface area contributed by atoms with Crippen LogP contribution in [0, 0.1) is 5.92 Å². The van der Waals surface area contributed by atoms with Gasteiger partial charge in [0.2, 0.25) is 11.8 Å². The van der Waals surface area contributed by atoms with Crippen molar-refractivity contribution in [3.8, 4) is 5.75 Å². The topological polar surface area (TPSA) is 93.5 Å². The maximum Gasteiger partial charge on any atom is 0.239 e. The van der Waals surface area contributed by atoms with Crippen LogP contribution in [0.15, 0.2) is 24.3 Å². The molecule has 6 heteroatoms. The summed E-state index contributed by atoms with van der Waals surface area (Å²) in [7, 11) is 0. The number of amides is 2. The molecule has 24 heavy (non-hydrogen) atoms. The van der Waals surface area contributed by atoms with Crippen LogP contribution in [0.4, 0.5) is 0 Å². The molecule has 0 radical (unpaired) electrons. The average Bonchev–Trinajstić information content (AvgIpc) is 2.56. The van der Waals surface area contributed by atoms with Crippen LogP contribution in [0.5, 0.6) is 5.75 Å². The highest BCUT2D eigenvalue weighted by Gasteiger charge is 2.17. The minimum atomic E-state index is -0.602. The Morgan fingerprint density at radius 1 is 1.08 bits per heavy atom. The van der Waals surface area contributed by atoms with Gasteiger partial charge >= 0.3 is 0 Å². The number of benzene rings is 1. The molecule has 0 saturated heterocycles. The zero-order valence-electron chi connectivity index (χ0n) is 15.0. The first-order chi connectivity index (χ1) is 11.3. The average molecular weight is 335 g/mol. The maximum atomic E-state index is 11.6. The second-order valence-corrected chi connectivity index (χ2v) is 6.41. The standard InChI is InChI=1S/C18H29N3O3/c1-12(2)14-5-7-15(8-6-14)24-10-9-20-16(22)11-21-18(23)17(19)13(3)4/h5-8,12-13,17H,9-11,19H2,1-4H3,(H,20,22)(H,21,23)/t17-/m0/s1. The molecular weight excluding hydrogens is 306 g/mol. The van der Waals surface area contributed by atoms with Crippen LogP contribution in [0.1, 0.15) is 39.2 Å². The maximum absolute atomic E-state index is 11.6. The monoisotopic (exact) mass is 335 g/mol. The summed E-state index contributed by atoms with van der Waals surface area (Å²) in [6.07, 6.45) is 0. The lowest BCUT2D eigenvalue weighted by Crippen LogP contribution is -2.47. The number of carbonyl (C=O) groups is 2. The molecule has 0 aliphatic heterocycles. The van der Waals surface area contributed by atoms with Gasteiger partial charge in [-0.3, -0.25) is 9.59 Å². The Hall–Kier alpha value is -2.08. The molecule has 2 amide bonds. The van der Waals surface area contributed by atoms with Crippen LogP contribution in [0.2, 0.25) is 0 Å². The van der Waals surface area contributed by atoms with E-state index in [1.807, 2.05) is 38.1 Å². The summed E-state index contributed by atoms with van der Waals surface area (Å²) in [5.74, 6) is 0.700. The van der Waals surface area contributed by atoms with E-state index >= 15 is 0 Å². The first kappa shape index (κ1) is 20.0. The molecule has 4 N–H and O–H groups in total. The molecule has 0 heterocycles. The summed E-state index contributed by atoms with van der Waals surface area (Å²) in [6.45, 7) is 8.65. The molecule has 134 valence electrons. The van der Waals surface area contributed by atoms with Gasteiger partial charge in [0, 0.05) is 0 Å². The van der Waals surface area contributed by atoms with E-state index in [4.69, 9.17) is 10.5 Å². The Morgan fingerprint density at radius 3 is 2.25 bits per heavy atom. The molecule has 0 saturated carbocycles. The summed E-state index contributed by atoms with van der Waals surface area (Å²) in [5, 5.41) is 5.21. The second kappa shape index (κ2) is 9.93.